The Hall–Kier alpha value is -3.14. The zero-order chi connectivity index (χ0) is 19.2. The number of aromatic nitrogens is 1. The minimum Gasteiger partial charge on any atom is -0.352 e. The minimum atomic E-state index is -0.373. The van der Waals surface area contributed by atoms with Gasteiger partial charge < -0.3 is 10.3 Å². The number of hydrogen-bond donors (Lipinski definition) is 2. The van der Waals surface area contributed by atoms with Crippen molar-refractivity contribution in [3.8, 4) is 22.4 Å². The highest BCUT2D eigenvalue weighted by Crippen LogP contribution is 2.23. The summed E-state index contributed by atoms with van der Waals surface area (Å²) in [6.07, 6.45) is 0.884. The summed E-state index contributed by atoms with van der Waals surface area (Å²) in [5.41, 5.74) is 3.62. The predicted octanol–water partition coefficient (Wildman–Crippen LogP) is 4.48. The lowest BCUT2D eigenvalue weighted by molar-refractivity contribution is 0.0950. The topological polar surface area (TPSA) is 62.0 Å². The van der Waals surface area contributed by atoms with E-state index in [0.717, 1.165) is 23.1 Å². The molecule has 1 heterocycles. The number of amides is 1. The number of carbonyl (C=O) groups excluding carboxylic acids is 1. The van der Waals surface area contributed by atoms with E-state index in [0.29, 0.717) is 18.2 Å². The lowest BCUT2D eigenvalue weighted by Gasteiger charge is -2.08. The van der Waals surface area contributed by atoms with E-state index < -0.39 is 0 Å². The molecule has 3 rings (SSSR count). The summed E-state index contributed by atoms with van der Waals surface area (Å²) < 4.78 is 0. The molecule has 2 aromatic carbocycles. The molecule has 4 nitrogen and oxygen atoms in total. The van der Waals surface area contributed by atoms with E-state index >= 15 is 0 Å². The van der Waals surface area contributed by atoms with Gasteiger partial charge in [-0.3, -0.25) is 9.59 Å². The highest BCUT2D eigenvalue weighted by atomic mass is 16.2. The molecule has 0 saturated heterocycles. The van der Waals surface area contributed by atoms with Gasteiger partial charge in [0, 0.05) is 12.2 Å². The van der Waals surface area contributed by atoms with Crippen molar-refractivity contribution in [2.45, 2.75) is 20.3 Å². The summed E-state index contributed by atoms with van der Waals surface area (Å²) in [5, 5.41) is 2.80. The first-order valence-corrected chi connectivity index (χ1v) is 9.22. The van der Waals surface area contributed by atoms with Crippen LogP contribution in [0.1, 0.15) is 30.6 Å². The van der Waals surface area contributed by atoms with E-state index in [1.54, 1.807) is 12.1 Å². The zero-order valence-electron chi connectivity index (χ0n) is 15.7. The number of benzene rings is 2. The molecule has 138 valence electrons. The third kappa shape index (κ3) is 4.73. The average molecular weight is 360 g/mol. The second-order valence-electron chi connectivity index (χ2n) is 7.00. The molecule has 1 aromatic heterocycles. The zero-order valence-corrected chi connectivity index (χ0v) is 15.7. The van der Waals surface area contributed by atoms with Gasteiger partial charge in [0.05, 0.1) is 0 Å². The number of nitrogens with one attached hydrogen (secondary N) is 2. The third-order valence-corrected chi connectivity index (χ3v) is 4.46. The number of rotatable bonds is 6. The first-order chi connectivity index (χ1) is 13.0. The Kier molecular flexibility index (Phi) is 5.87. The monoisotopic (exact) mass is 360 g/mol. The van der Waals surface area contributed by atoms with Crippen LogP contribution in [0.3, 0.4) is 0 Å². The highest BCUT2D eigenvalue weighted by Gasteiger charge is 2.11. The molecule has 1 amide bonds. The summed E-state index contributed by atoms with van der Waals surface area (Å²) in [5.74, 6) is 0.174. The standard InChI is InChI=1S/C23H24N2O2/c1-16(2)14-15-24-22(26)20-12-13-21(25-23(20)27)19-10-8-18(9-11-19)17-6-4-3-5-7-17/h3-13,16H,14-15H2,1-2H3,(H,24,26)(H,25,27). The van der Waals surface area contributed by atoms with Crippen LogP contribution in [0.25, 0.3) is 22.4 Å². The van der Waals surface area contributed by atoms with Gasteiger partial charge in [-0.05, 0) is 41.2 Å². The SMILES string of the molecule is CC(C)CCNC(=O)c1ccc(-c2ccc(-c3ccccc3)cc2)[nH]c1=O. The van der Waals surface area contributed by atoms with Crippen molar-refractivity contribution < 1.29 is 4.79 Å². The molecular weight excluding hydrogens is 336 g/mol. The maximum atomic E-state index is 12.3. The fourth-order valence-electron chi connectivity index (χ4n) is 2.86. The number of carbonyl (C=O) groups is 1. The van der Waals surface area contributed by atoms with Crippen LogP contribution in [0.5, 0.6) is 0 Å². The fourth-order valence-corrected chi connectivity index (χ4v) is 2.86. The van der Waals surface area contributed by atoms with Crippen molar-refractivity contribution in [3.63, 3.8) is 0 Å². The largest absolute Gasteiger partial charge is 0.352 e. The molecule has 0 fully saturated rings. The molecule has 4 heteroatoms. The van der Waals surface area contributed by atoms with Gasteiger partial charge in [-0.2, -0.15) is 0 Å². The number of pyridine rings is 1. The summed E-state index contributed by atoms with van der Waals surface area (Å²) in [6, 6.07) is 21.5. The summed E-state index contributed by atoms with van der Waals surface area (Å²) in [7, 11) is 0. The molecule has 3 aromatic rings. The molecule has 0 bridgehead atoms. The van der Waals surface area contributed by atoms with Gasteiger partial charge in [0.2, 0.25) is 0 Å². The van der Waals surface area contributed by atoms with Crippen LogP contribution in [0.4, 0.5) is 0 Å². The molecule has 0 aliphatic heterocycles. The Labute approximate surface area is 159 Å². The molecule has 0 spiro atoms. The van der Waals surface area contributed by atoms with E-state index in [1.807, 2.05) is 42.5 Å². The normalized spacial score (nSPS) is 10.8. The molecule has 0 saturated carbocycles. The lowest BCUT2D eigenvalue weighted by atomic mass is 10.0. The average Bonchev–Trinajstić information content (AvgIpc) is 2.68. The predicted molar refractivity (Wildman–Crippen MR) is 110 cm³/mol. The van der Waals surface area contributed by atoms with Crippen molar-refractivity contribution in [3.05, 3.63) is 82.6 Å². The maximum absolute atomic E-state index is 12.3. The van der Waals surface area contributed by atoms with Crippen molar-refractivity contribution >= 4 is 5.91 Å². The smallest absolute Gasteiger partial charge is 0.261 e. The fraction of sp³-hybridized carbons (Fsp3) is 0.217. The van der Waals surface area contributed by atoms with Crippen molar-refractivity contribution in [1.82, 2.24) is 10.3 Å². The Bertz CT molecular complexity index is 958. The van der Waals surface area contributed by atoms with Gasteiger partial charge in [-0.15, -0.1) is 0 Å². The Morgan fingerprint density at radius 2 is 1.52 bits per heavy atom. The molecular formula is C23H24N2O2. The second kappa shape index (κ2) is 8.49. The second-order valence-corrected chi connectivity index (χ2v) is 7.00. The van der Waals surface area contributed by atoms with Gasteiger partial charge in [0.15, 0.2) is 0 Å². The van der Waals surface area contributed by atoms with E-state index in [1.165, 1.54) is 0 Å². The number of hydrogen-bond acceptors (Lipinski definition) is 2. The third-order valence-electron chi connectivity index (χ3n) is 4.46. The summed E-state index contributed by atoms with van der Waals surface area (Å²) in [6.45, 7) is 4.76. The van der Waals surface area contributed by atoms with E-state index in [9.17, 15) is 9.59 Å². The van der Waals surface area contributed by atoms with Gasteiger partial charge >= 0.3 is 0 Å². The van der Waals surface area contributed by atoms with Crippen LogP contribution >= 0.6 is 0 Å². The van der Waals surface area contributed by atoms with Gasteiger partial charge in [0.1, 0.15) is 5.56 Å². The van der Waals surface area contributed by atoms with E-state index in [-0.39, 0.29) is 17.0 Å². The molecule has 0 radical (unpaired) electrons. The quantitative estimate of drug-likeness (QED) is 0.680. The first-order valence-electron chi connectivity index (χ1n) is 9.22. The van der Waals surface area contributed by atoms with Crippen molar-refractivity contribution in [2.75, 3.05) is 6.54 Å². The van der Waals surface area contributed by atoms with Crippen molar-refractivity contribution in [1.29, 1.82) is 0 Å². The number of H-pyrrole nitrogens is 1. The minimum absolute atomic E-state index is 0.142. The van der Waals surface area contributed by atoms with Crippen molar-refractivity contribution in [2.24, 2.45) is 5.92 Å². The van der Waals surface area contributed by atoms with E-state index in [4.69, 9.17) is 0 Å². The van der Waals surface area contributed by atoms with Crippen LogP contribution in [0, 0.1) is 5.92 Å². The number of aromatic amines is 1. The van der Waals surface area contributed by atoms with Crippen LogP contribution in [0.15, 0.2) is 71.5 Å². The Morgan fingerprint density at radius 1 is 0.889 bits per heavy atom. The van der Waals surface area contributed by atoms with Crippen LogP contribution in [0.2, 0.25) is 0 Å². The Morgan fingerprint density at radius 3 is 2.15 bits per heavy atom. The molecule has 0 unspecified atom stereocenters. The van der Waals surface area contributed by atoms with Crippen LogP contribution < -0.4 is 10.9 Å². The summed E-state index contributed by atoms with van der Waals surface area (Å²) in [4.78, 5) is 27.3. The molecule has 0 atom stereocenters. The van der Waals surface area contributed by atoms with Crippen LogP contribution in [-0.2, 0) is 0 Å². The maximum Gasteiger partial charge on any atom is 0.261 e. The molecule has 0 aliphatic rings. The Balaban J connectivity index is 1.75. The molecule has 0 aliphatic carbocycles. The van der Waals surface area contributed by atoms with Gasteiger partial charge in [0.25, 0.3) is 11.5 Å². The van der Waals surface area contributed by atoms with Gasteiger partial charge in [-0.25, -0.2) is 0 Å². The first kappa shape index (κ1) is 18.6. The highest BCUT2D eigenvalue weighted by molar-refractivity contribution is 5.94. The summed E-state index contributed by atoms with van der Waals surface area (Å²) >= 11 is 0. The molecule has 2 N–H and O–H groups in total. The lowest BCUT2D eigenvalue weighted by Crippen LogP contribution is -2.30. The van der Waals surface area contributed by atoms with E-state index in [2.05, 4.69) is 36.3 Å². The van der Waals surface area contributed by atoms with Gasteiger partial charge in [-0.1, -0.05) is 68.4 Å². The van der Waals surface area contributed by atoms with Crippen LogP contribution in [-0.4, -0.2) is 17.4 Å². The molecule has 27 heavy (non-hydrogen) atoms.